The number of carbonyl (C=O) groups is 1. The summed E-state index contributed by atoms with van der Waals surface area (Å²) in [7, 11) is 0. The molecule has 0 bridgehead atoms. The highest BCUT2D eigenvalue weighted by atomic mass is 16.2. The molecule has 6 nitrogen and oxygen atoms in total. The van der Waals surface area contributed by atoms with Crippen LogP contribution in [0.3, 0.4) is 0 Å². The second-order valence-electron chi connectivity index (χ2n) is 6.80. The lowest BCUT2D eigenvalue weighted by Gasteiger charge is -2.18. The Bertz CT molecular complexity index is 1010. The van der Waals surface area contributed by atoms with Gasteiger partial charge in [-0.25, -0.2) is 4.98 Å². The normalized spacial score (nSPS) is 12.1. The van der Waals surface area contributed by atoms with Crippen LogP contribution in [0.4, 0.5) is 5.69 Å². The number of benzene rings is 2. The van der Waals surface area contributed by atoms with Crippen molar-refractivity contribution in [2.45, 2.75) is 27.3 Å². The highest BCUT2D eigenvalue weighted by molar-refractivity contribution is 5.93. The lowest BCUT2D eigenvalue weighted by atomic mass is 10.1. The van der Waals surface area contributed by atoms with Gasteiger partial charge in [0.25, 0.3) is 11.5 Å². The number of rotatable bonds is 6. The number of para-hydroxylation sites is 2. The summed E-state index contributed by atoms with van der Waals surface area (Å²) in [6.45, 7) is 7.52. The minimum atomic E-state index is -0.147. The number of hydrogen-bond donors (Lipinski definition) is 3. The molecule has 140 valence electrons. The minimum Gasteiger partial charge on any atom is -0.321 e. The molecule has 0 saturated carbocycles. The number of H-pyrrole nitrogens is 1. The first-order valence-corrected chi connectivity index (χ1v) is 9.15. The number of nitrogens with one attached hydrogen (secondary N) is 3. The van der Waals surface area contributed by atoms with E-state index in [1.807, 2.05) is 57.2 Å². The zero-order valence-electron chi connectivity index (χ0n) is 15.9. The maximum atomic E-state index is 12.5. The van der Waals surface area contributed by atoms with E-state index in [9.17, 15) is 9.59 Å². The fraction of sp³-hybridized carbons (Fsp3) is 0.286. The van der Waals surface area contributed by atoms with Gasteiger partial charge in [-0.05, 0) is 44.0 Å². The molecule has 3 aromatic rings. The summed E-state index contributed by atoms with van der Waals surface area (Å²) < 4.78 is 0. The predicted octanol–water partition coefficient (Wildman–Crippen LogP) is 1.58. The molecule has 1 amide bonds. The third kappa shape index (κ3) is 4.41. The standard InChI is InChI=1S/C21H24N4O2/c1-4-25(13-19(26)24-20-14(2)8-7-9-15(20)3)12-18-22-17-11-6-5-10-16(17)21(27)23-18/h5-11H,4,12-13H2,1-3H3,(H,24,26)(H,22,23,27)/p+1. The van der Waals surface area contributed by atoms with Gasteiger partial charge in [0.1, 0.15) is 6.54 Å². The Morgan fingerprint density at radius 1 is 1.11 bits per heavy atom. The fourth-order valence-corrected chi connectivity index (χ4v) is 3.19. The molecule has 0 aliphatic heterocycles. The van der Waals surface area contributed by atoms with Crippen molar-refractivity contribution in [1.29, 1.82) is 0 Å². The van der Waals surface area contributed by atoms with Crippen LogP contribution in [0.2, 0.25) is 0 Å². The van der Waals surface area contributed by atoms with Crippen LogP contribution < -0.4 is 15.8 Å². The number of fused-ring (bicyclic) bond motifs is 1. The second-order valence-corrected chi connectivity index (χ2v) is 6.80. The largest absolute Gasteiger partial charge is 0.321 e. The molecule has 1 heterocycles. The smallest absolute Gasteiger partial charge is 0.279 e. The number of hydrogen-bond acceptors (Lipinski definition) is 3. The molecule has 6 heteroatoms. The summed E-state index contributed by atoms with van der Waals surface area (Å²) in [5, 5.41) is 3.59. The summed E-state index contributed by atoms with van der Waals surface area (Å²) in [6, 6.07) is 13.2. The van der Waals surface area contributed by atoms with Crippen LogP contribution in [0, 0.1) is 13.8 Å². The van der Waals surface area contributed by atoms with E-state index >= 15 is 0 Å². The number of carbonyl (C=O) groups excluding carboxylic acids is 1. The van der Waals surface area contributed by atoms with Crippen molar-refractivity contribution in [3.05, 3.63) is 69.8 Å². The van der Waals surface area contributed by atoms with Crippen molar-refractivity contribution in [3.63, 3.8) is 0 Å². The molecule has 2 aromatic carbocycles. The Hall–Kier alpha value is -2.99. The highest BCUT2D eigenvalue weighted by Gasteiger charge is 2.16. The van der Waals surface area contributed by atoms with Crippen LogP contribution >= 0.6 is 0 Å². The van der Waals surface area contributed by atoms with E-state index in [1.165, 1.54) is 0 Å². The molecular weight excluding hydrogens is 340 g/mol. The van der Waals surface area contributed by atoms with Gasteiger partial charge in [0, 0.05) is 5.69 Å². The molecule has 3 rings (SSSR count). The average Bonchev–Trinajstić information content (AvgIpc) is 2.64. The molecule has 0 aliphatic carbocycles. The molecule has 1 atom stereocenters. The predicted molar refractivity (Wildman–Crippen MR) is 107 cm³/mol. The highest BCUT2D eigenvalue weighted by Crippen LogP contribution is 2.18. The summed E-state index contributed by atoms with van der Waals surface area (Å²) in [6.07, 6.45) is 0. The summed E-state index contributed by atoms with van der Waals surface area (Å²) in [5.74, 6) is 0.544. The van der Waals surface area contributed by atoms with Crippen molar-refractivity contribution in [2.75, 3.05) is 18.4 Å². The van der Waals surface area contributed by atoms with E-state index in [2.05, 4.69) is 15.3 Å². The molecule has 0 aliphatic rings. The fourth-order valence-electron chi connectivity index (χ4n) is 3.19. The Morgan fingerprint density at radius 2 is 1.81 bits per heavy atom. The summed E-state index contributed by atoms with van der Waals surface area (Å²) in [5.41, 5.74) is 3.48. The first-order chi connectivity index (χ1) is 13.0. The van der Waals surface area contributed by atoms with E-state index in [0.717, 1.165) is 28.3 Å². The first-order valence-electron chi connectivity index (χ1n) is 9.15. The molecule has 0 spiro atoms. The van der Waals surface area contributed by atoms with Gasteiger partial charge < -0.3 is 15.2 Å². The van der Waals surface area contributed by atoms with Gasteiger partial charge in [-0.3, -0.25) is 9.59 Å². The van der Waals surface area contributed by atoms with Gasteiger partial charge in [0.15, 0.2) is 12.4 Å². The maximum Gasteiger partial charge on any atom is 0.279 e. The third-order valence-electron chi connectivity index (χ3n) is 4.74. The van der Waals surface area contributed by atoms with Gasteiger partial charge in [-0.2, -0.15) is 0 Å². The molecule has 1 aromatic heterocycles. The SMILES string of the molecule is CC[NH+](CC(=O)Nc1c(C)cccc1C)Cc1nc2ccccc2c(=O)[nH]1. The quantitative estimate of drug-likeness (QED) is 0.621. The number of quaternary nitrogens is 1. The number of anilines is 1. The van der Waals surface area contributed by atoms with Gasteiger partial charge in [0.05, 0.1) is 17.4 Å². The average molecular weight is 365 g/mol. The number of nitrogens with zero attached hydrogens (tertiary/aromatic N) is 1. The number of amides is 1. The lowest BCUT2D eigenvalue weighted by Crippen LogP contribution is -3.11. The molecular formula is C21H25N4O2+. The minimum absolute atomic E-state index is 0.0487. The Morgan fingerprint density at radius 3 is 2.52 bits per heavy atom. The summed E-state index contributed by atoms with van der Waals surface area (Å²) in [4.78, 5) is 33.2. The van der Waals surface area contributed by atoms with Crippen molar-refractivity contribution >= 4 is 22.5 Å². The zero-order chi connectivity index (χ0) is 19.4. The van der Waals surface area contributed by atoms with Crippen LogP contribution in [-0.2, 0) is 11.3 Å². The number of aryl methyl sites for hydroxylation is 2. The Labute approximate surface area is 158 Å². The van der Waals surface area contributed by atoms with Crippen LogP contribution in [0.1, 0.15) is 23.9 Å². The van der Waals surface area contributed by atoms with Crippen molar-refractivity contribution in [3.8, 4) is 0 Å². The summed E-state index contributed by atoms with van der Waals surface area (Å²) >= 11 is 0. The van der Waals surface area contributed by atoms with Gasteiger partial charge in [-0.15, -0.1) is 0 Å². The molecule has 27 heavy (non-hydrogen) atoms. The van der Waals surface area contributed by atoms with Crippen molar-refractivity contribution in [1.82, 2.24) is 9.97 Å². The third-order valence-corrected chi connectivity index (χ3v) is 4.74. The molecule has 0 fully saturated rings. The maximum absolute atomic E-state index is 12.5. The van der Waals surface area contributed by atoms with Crippen LogP contribution in [0.25, 0.3) is 10.9 Å². The Balaban J connectivity index is 1.72. The van der Waals surface area contributed by atoms with E-state index in [1.54, 1.807) is 6.07 Å². The second kappa shape index (κ2) is 8.14. The van der Waals surface area contributed by atoms with Crippen LogP contribution in [-0.4, -0.2) is 29.0 Å². The first kappa shape index (κ1) is 18.8. The molecule has 0 saturated heterocycles. The number of aromatic nitrogens is 2. The van der Waals surface area contributed by atoms with Gasteiger partial charge >= 0.3 is 0 Å². The van der Waals surface area contributed by atoms with E-state index in [0.29, 0.717) is 29.8 Å². The van der Waals surface area contributed by atoms with Gasteiger partial charge in [-0.1, -0.05) is 30.3 Å². The Kier molecular flexibility index (Phi) is 5.66. The monoisotopic (exact) mass is 365 g/mol. The lowest BCUT2D eigenvalue weighted by molar-refractivity contribution is -0.904. The van der Waals surface area contributed by atoms with Crippen molar-refractivity contribution in [2.24, 2.45) is 0 Å². The van der Waals surface area contributed by atoms with Gasteiger partial charge in [0.2, 0.25) is 0 Å². The molecule has 0 radical (unpaired) electrons. The number of likely N-dealkylation sites (N-methyl/N-ethyl adjacent to an activating group) is 1. The van der Waals surface area contributed by atoms with E-state index in [4.69, 9.17) is 0 Å². The zero-order valence-corrected chi connectivity index (χ0v) is 15.9. The van der Waals surface area contributed by atoms with E-state index < -0.39 is 0 Å². The topological polar surface area (TPSA) is 79.3 Å². The van der Waals surface area contributed by atoms with Crippen LogP contribution in [0.15, 0.2) is 47.3 Å². The molecule has 3 N–H and O–H groups in total. The number of aromatic amines is 1. The molecule has 1 unspecified atom stereocenters. The van der Waals surface area contributed by atoms with Crippen molar-refractivity contribution < 1.29 is 9.69 Å². The van der Waals surface area contributed by atoms with Crippen LogP contribution in [0.5, 0.6) is 0 Å². The van der Waals surface area contributed by atoms with E-state index in [-0.39, 0.29) is 11.5 Å².